The van der Waals surface area contributed by atoms with Crippen LogP contribution in [-0.4, -0.2) is 9.78 Å². The van der Waals surface area contributed by atoms with Gasteiger partial charge in [0.2, 0.25) is 0 Å². The fourth-order valence-electron chi connectivity index (χ4n) is 2.84. The number of allylic oxidation sites excluding steroid dienone is 2. The summed E-state index contributed by atoms with van der Waals surface area (Å²) in [5.74, 6) is 0.209. The minimum absolute atomic E-state index is 0.0825. The lowest BCUT2D eigenvalue weighted by atomic mass is 10.0. The Morgan fingerprint density at radius 3 is 2.50 bits per heavy atom. The van der Waals surface area contributed by atoms with Crippen molar-refractivity contribution in [2.75, 3.05) is 0 Å². The monoisotopic (exact) mass is 374 g/mol. The zero-order chi connectivity index (χ0) is 17.3. The van der Waals surface area contributed by atoms with Crippen molar-refractivity contribution in [2.24, 2.45) is 0 Å². The van der Waals surface area contributed by atoms with E-state index in [-0.39, 0.29) is 21.7 Å². The van der Waals surface area contributed by atoms with Gasteiger partial charge >= 0.3 is 6.18 Å². The summed E-state index contributed by atoms with van der Waals surface area (Å²) in [6.07, 6.45) is 5.80. The number of aromatic nitrogens is 2. The normalized spacial score (nSPS) is 18.6. The van der Waals surface area contributed by atoms with Gasteiger partial charge in [-0.3, -0.25) is 0 Å². The predicted octanol–water partition coefficient (Wildman–Crippen LogP) is 6.41. The first-order chi connectivity index (χ1) is 11.4. The molecule has 0 spiro atoms. The minimum atomic E-state index is -4.49. The highest BCUT2D eigenvalue weighted by Gasteiger charge is 2.32. The summed E-state index contributed by atoms with van der Waals surface area (Å²) in [5, 5.41) is 4.31. The van der Waals surface area contributed by atoms with Gasteiger partial charge in [-0.15, -0.1) is 0 Å². The largest absolute Gasteiger partial charge is 0.416 e. The summed E-state index contributed by atoms with van der Waals surface area (Å²) in [7, 11) is 0. The van der Waals surface area contributed by atoms with Gasteiger partial charge in [-0.25, -0.2) is 4.68 Å². The van der Waals surface area contributed by atoms with Gasteiger partial charge in [0.25, 0.3) is 0 Å². The summed E-state index contributed by atoms with van der Waals surface area (Å²) in [6, 6.07) is 3.59. The van der Waals surface area contributed by atoms with Gasteiger partial charge in [0.05, 0.1) is 21.3 Å². The van der Waals surface area contributed by atoms with Crippen molar-refractivity contribution in [1.82, 2.24) is 9.78 Å². The minimum Gasteiger partial charge on any atom is -0.238 e. The van der Waals surface area contributed by atoms with E-state index in [1.165, 1.54) is 4.68 Å². The quantitative estimate of drug-likeness (QED) is 0.555. The van der Waals surface area contributed by atoms with Crippen molar-refractivity contribution in [3.8, 4) is 5.69 Å². The summed E-state index contributed by atoms with van der Waals surface area (Å²) in [6.45, 7) is 0. The lowest BCUT2D eigenvalue weighted by molar-refractivity contribution is -0.137. The van der Waals surface area contributed by atoms with Crippen LogP contribution in [0.4, 0.5) is 13.2 Å². The number of hydrogen-bond acceptors (Lipinski definition) is 1. The average Bonchev–Trinajstić information content (AvgIpc) is 2.80. The van der Waals surface area contributed by atoms with Crippen molar-refractivity contribution in [2.45, 2.75) is 37.8 Å². The van der Waals surface area contributed by atoms with Crippen LogP contribution in [0.15, 0.2) is 36.5 Å². The molecule has 2 nitrogen and oxygen atoms in total. The van der Waals surface area contributed by atoms with E-state index in [1.807, 2.05) is 6.07 Å². The van der Waals surface area contributed by atoms with Crippen LogP contribution in [0.3, 0.4) is 0 Å². The van der Waals surface area contributed by atoms with Crippen LogP contribution in [0, 0.1) is 0 Å². The van der Waals surface area contributed by atoms with Crippen molar-refractivity contribution in [1.29, 1.82) is 0 Å². The molecular formula is C17H15Cl2F3N2. The second kappa shape index (κ2) is 6.81. The van der Waals surface area contributed by atoms with Crippen LogP contribution in [0.2, 0.25) is 10.0 Å². The van der Waals surface area contributed by atoms with Gasteiger partial charge in [-0.05, 0) is 37.5 Å². The van der Waals surface area contributed by atoms with Crippen molar-refractivity contribution < 1.29 is 13.2 Å². The maximum absolute atomic E-state index is 12.8. The zero-order valence-corrected chi connectivity index (χ0v) is 14.2. The van der Waals surface area contributed by atoms with Gasteiger partial charge in [-0.1, -0.05) is 41.8 Å². The van der Waals surface area contributed by atoms with Crippen LogP contribution in [0.5, 0.6) is 0 Å². The number of hydrogen-bond donors (Lipinski definition) is 0. The summed E-state index contributed by atoms with van der Waals surface area (Å²) in [4.78, 5) is 0. The van der Waals surface area contributed by atoms with Crippen LogP contribution < -0.4 is 0 Å². The molecule has 0 saturated heterocycles. The van der Waals surface area contributed by atoms with Crippen LogP contribution in [-0.2, 0) is 6.18 Å². The fourth-order valence-corrected chi connectivity index (χ4v) is 3.50. The highest BCUT2D eigenvalue weighted by Crippen LogP contribution is 2.37. The van der Waals surface area contributed by atoms with E-state index < -0.39 is 11.7 Å². The second-order valence-electron chi connectivity index (χ2n) is 5.79. The van der Waals surface area contributed by atoms with E-state index in [2.05, 4.69) is 17.3 Å². The molecule has 1 aliphatic rings. The third-order valence-electron chi connectivity index (χ3n) is 4.07. The van der Waals surface area contributed by atoms with E-state index >= 15 is 0 Å². The molecule has 128 valence electrons. The number of rotatable bonds is 2. The lowest BCUT2D eigenvalue weighted by Crippen LogP contribution is -2.07. The van der Waals surface area contributed by atoms with E-state index in [0.29, 0.717) is 0 Å². The Morgan fingerprint density at radius 1 is 1.12 bits per heavy atom. The molecule has 1 heterocycles. The van der Waals surface area contributed by atoms with Crippen LogP contribution >= 0.6 is 23.2 Å². The smallest absolute Gasteiger partial charge is 0.238 e. The lowest BCUT2D eigenvalue weighted by Gasteiger charge is -2.12. The Morgan fingerprint density at radius 2 is 1.83 bits per heavy atom. The maximum Gasteiger partial charge on any atom is 0.416 e. The zero-order valence-electron chi connectivity index (χ0n) is 12.7. The first kappa shape index (κ1) is 17.4. The first-order valence-corrected chi connectivity index (χ1v) is 8.40. The van der Waals surface area contributed by atoms with Gasteiger partial charge < -0.3 is 0 Å². The average molecular weight is 375 g/mol. The number of nitrogens with zero attached hydrogens (tertiary/aromatic N) is 2. The highest BCUT2D eigenvalue weighted by molar-refractivity contribution is 6.37. The molecule has 0 radical (unpaired) electrons. The van der Waals surface area contributed by atoms with Crippen molar-refractivity contribution in [3.05, 3.63) is 57.9 Å². The molecule has 3 rings (SSSR count). The molecule has 1 aromatic heterocycles. The Kier molecular flexibility index (Phi) is 4.92. The van der Waals surface area contributed by atoms with Gasteiger partial charge in [-0.2, -0.15) is 18.3 Å². The molecule has 1 unspecified atom stereocenters. The highest BCUT2D eigenvalue weighted by atomic mass is 35.5. The molecule has 0 amide bonds. The molecule has 0 fully saturated rings. The summed E-state index contributed by atoms with van der Waals surface area (Å²) < 4.78 is 39.9. The molecule has 7 heteroatoms. The number of benzene rings is 1. The number of alkyl halides is 3. The molecule has 1 aromatic carbocycles. The second-order valence-corrected chi connectivity index (χ2v) is 6.60. The molecule has 24 heavy (non-hydrogen) atoms. The third-order valence-corrected chi connectivity index (χ3v) is 4.64. The third kappa shape index (κ3) is 3.62. The molecule has 0 bridgehead atoms. The standard InChI is InChI=1S/C17H15Cl2F3N2/c18-13-9-12(17(20,21)22)10-14(19)16(13)24-8-7-15(23-24)11-5-3-1-2-4-6-11/h3,5,7-11H,1-2,4,6H2. The van der Waals surface area contributed by atoms with E-state index in [1.54, 1.807) is 6.20 Å². The molecule has 0 saturated carbocycles. The van der Waals surface area contributed by atoms with E-state index in [0.717, 1.165) is 43.5 Å². The van der Waals surface area contributed by atoms with Gasteiger partial charge in [0.1, 0.15) is 5.69 Å². The number of halogens is 5. The summed E-state index contributed by atoms with van der Waals surface area (Å²) in [5.41, 5.74) is 0.246. The Balaban J connectivity index is 1.95. The maximum atomic E-state index is 12.8. The molecule has 1 atom stereocenters. The topological polar surface area (TPSA) is 17.8 Å². The SMILES string of the molecule is FC(F)(F)c1cc(Cl)c(-n2ccc(C3C=CCCCC3)n2)c(Cl)c1. The van der Waals surface area contributed by atoms with Crippen molar-refractivity contribution in [3.63, 3.8) is 0 Å². The molecular weight excluding hydrogens is 360 g/mol. The fraction of sp³-hybridized carbons (Fsp3) is 0.353. The molecule has 0 N–H and O–H groups in total. The summed E-state index contributed by atoms with van der Waals surface area (Å²) >= 11 is 12.1. The Hall–Kier alpha value is -1.46. The van der Waals surface area contributed by atoms with E-state index in [9.17, 15) is 13.2 Å². The van der Waals surface area contributed by atoms with Gasteiger partial charge in [0, 0.05) is 12.1 Å². The van der Waals surface area contributed by atoms with Gasteiger partial charge in [0.15, 0.2) is 0 Å². The Bertz CT molecular complexity index is 742. The Labute approximate surface area is 147 Å². The molecule has 2 aromatic rings. The first-order valence-electron chi connectivity index (χ1n) is 7.65. The predicted molar refractivity (Wildman–Crippen MR) is 88.9 cm³/mol. The van der Waals surface area contributed by atoms with Crippen LogP contribution in [0.25, 0.3) is 5.69 Å². The van der Waals surface area contributed by atoms with Crippen molar-refractivity contribution >= 4 is 23.2 Å². The van der Waals surface area contributed by atoms with Crippen LogP contribution in [0.1, 0.15) is 42.9 Å². The molecule has 0 aliphatic heterocycles. The van der Waals surface area contributed by atoms with E-state index in [4.69, 9.17) is 23.2 Å². The molecule has 1 aliphatic carbocycles.